The topological polar surface area (TPSA) is 26.3 Å². The first-order chi connectivity index (χ1) is 2.81. The summed E-state index contributed by atoms with van der Waals surface area (Å²) in [4.78, 5) is 10.0. The normalized spacial score (nSPS) is 6.33. The van der Waals surface area contributed by atoms with Crippen molar-refractivity contribution in [3.05, 3.63) is 0 Å². The fraction of sp³-hybridized carbons (Fsp3) is 0.500. The van der Waals surface area contributed by atoms with Crippen LogP contribution in [0.15, 0.2) is 0 Å². The van der Waals surface area contributed by atoms with Crippen LogP contribution in [-0.2, 0) is 26.9 Å². The molecular formula is C2H3BrHgO2. The van der Waals surface area contributed by atoms with Crippen LogP contribution >= 0.6 is 11.9 Å². The zero-order chi connectivity index (χ0) is 4.99. The van der Waals surface area contributed by atoms with E-state index in [1.807, 2.05) is 0 Å². The molecule has 0 rings (SSSR count). The molecule has 0 amide bonds. The van der Waals surface area contributed by atoms with Crippen LogP contribution in [0, 0.1) is 0 Å². The van der Waals surface area contributed by atoms with Gasteiger partial charge in [0, 0.05) is 0 Å². The van der Waals surface area contributed by atoms with E-state index in [-0.39, 0.29) is 3.48 Å². The van der Waals surface area contributed by atoms with Crippen molar-refractivity contribution in [1.82, 2.24) is 0 Å². The Labute approximate surface area is 53.9 Å². The molecule has 0 fully saturated rings. The van der Waals surface area contributed by atoms with Crippen LogP contribution in [0.4, 0.5) is 4.79 Å². The molecule has 0 N–H and O–H groups in total. The van der Waals surface area contributed by atoms with Gasteiger partial charge in [0.15, 0.2) is 0 Å². The first kappa shape index (κ1) is 6.89. The average Bonchev–Trinajstić information content (AvgIpc) is 1.65. The van der Waals surface area contributed by atoms with E-state index in [0.717, 1.165) is 0 Å². The van der Waals surface area contributed by atoms with Crippen LogP contribution in [0.1, 0.15) is 0 Å². The molecule has 0 unspecified atom stereocenters. The summed E-state index contributed by atoms with van der Waals surface area (Å²) >= 11 is 1.82. The van der Waals surface area contributed by atoms with Crippen LogP contribution in [-0.4, -0.2) is 10.6 Å². The van der Waals surface area contributed by atoms with Crippen LogP contribution in [0.5, 0.6) is 0 Å². The molecule has 0 aliphatic heterocycles. The summed E-state index contributed by atoms with van der Waals surface area (Å²) in [5.74, 6) is 0. The summed E-state index contributed by atoms with van der Waals surface area (Å²) in [6.07, 6.45) is 0. The third-order valence-electron chi connectivity index (χ3n) is 0.337. The van der Waals surface area contributed by atoms with Gasteiger partial charge >= 0.3 is 54.2 Å². The Morgan fingerprint density at radius 1 is 2.00 bits per heavy atom. The zero-order valence-corrected chi connectivity index (χ0v) is 10.5. The molecule has 0 radical (unpaired) electrons. The maximum absolute atomic E-state index is 10.0. The minimum atomic E-state index is -1.31. The van der Waals surface area contributed by atoms with Crippen LogP contribution < -0.4 is 0 Å². The van der Waals surface area contributed by atoms with Crippen molar-refractivity contribution in [2.24, 2.45) is 0 Å². The summed E-state index contributed by atoms with van der Waals surface area (Å²) in [5, 5.41) is 0. The summed E-state index contributed by atoms with van der Waals surface area (Å²) in [5.41, 5.74) is 0. The Bertz CT molecular complexity index is 49.5. The van der Waals surface area contributed by atoms with Gasteiger partial charge in [0.05, 0.1) is 0 Å². The van der Waals surface area contributed by atoms with E-state index in [9.17, 15) is 4.79 Å². The van der Waals surface area contributed by atoms with E-state index >= 15 is 0 Å². The van der Waals surface area contributed by atoms with Gasteiger partial charge in [-0.25, -0.2) is 0 Å². The number of carbonyl (C=O) groups excluding carboxylic acids is 1. The van der Waals surface area contributed by atoms with E-state index < -0.39 is 22.1 Å². The van der Waals surface area contributed by atoms with Gasteiger partial charge in [-0.05, 0) is 0 Å². The molecule has 0 atom stereocenters. The molecule has 2 nitrogen and oxygen atoms in total. The standard InChI is InChI=1S/C2H3O2.BrH.Hg/c1-4-2-3;;/h1H3;1H;/q;;+1/p-1. The number of carbonyl (C=O) groups is 1. The number of hydrogen-bond acceptors (Lipinski definition) is 2. The Morgan fingerprint density at radius 2 is 2.50 bits per heavy atom. The molecule has 6 heavy (non-hydrogen) atoms. The second-order valence-corrected chi connectivity index (χ2v) is 8.91. The van der Waals surface area contributed by atoms with Crippen LogP contribution in [0.3, 0.4) is 0 Å². The second-order valence-electron chi connectivity index (χ2n) is 0.710. The van der Waals surface area contributed by atoms with E-state index in [0.29, 0.717) is 0 Å². The van der Waals surface area contributed by atoms with E-state index in [1.165, 1.54) is 7.11 Å². The summed E-state index contributed by atoms with van der Waals surface area (Å²) in [7, 11) is 1.41. The first-order valence-corrected chi connectivity index (χ1v) is 16.1. The van der Waals surface area contributed by atoms with Crippen molar-refractivity contribution in [1.29, 1.82) is 0 Å². The van der Waals surface area contributed by atoms with Crippen molar-refractivity contribution in [2.75, 3.05) is 7.11 Å². The predicted octanol–water partition coefficient (Wildman–Crippen LogP) is 1.15. The van der Waals surface area contributed by atoms with Gasteiger partial charge in [0.1, 0.15) is 0 Å². The Balaban J connectivity index is 2.99. The van der Waals surface area contributed by atoms with Crippen molar-refractivity contribution >= 4 is 15.4 Å². The van der Waals surface area contributed by atoms with Crippen molar-refractivity contribution in [2.45, 2.75) is 0 Å². The molecule has 0 heterocycles. The van der Waals surface area contributed by atoms with Crippen LogP contribution in [0.25, 0.3) is 0 Å². The zero-order valence-electron chi connectivity index (χ0n) is 3.40. The van der Waals surface area contributed by atoms with E-state index in [4.69, 9.17) is 0 Å². The second kappa shape index (κ2) is 4.05. The molecule has 0 spiro atoms. The van der Waals surface area contributed by atoms with Crippen molar-refractivity contribution in [3.8, 4) is 0 Å². The van der Waals surface area contributed by atoms with Crippen molar-refractivity contribution < 1.29 is 31.7 Å². The summed E-state index contributed by atoms with van der Waals surface area (Å²) < 4.78 is 4.29. The molecule has 0 saturated heterocycles. The van der Waals surface area contributed by atoms with E-state index in [1.54, 1.807) is 0 Å². The molecule has 0 bridgehead atoms. The maximum atomic E-state index is 10.0. The average molecular weight is 340 g/mol. The molecule has 0 aliphatic carbocycles. The number of ether oxygens (including phenoxy) is 1. The van der Waals surface area contributed by atoms with Gasteiger partial charge in [-0.15, -0.1) is 0 Å². The molecule has 32 valence electrons. The fourth-order valence-electron chi connectivity index (χ4n) is 0.0546. The molecule has 4 heteroatoms. The Kier molecular flexibility index (Phi) is 4.65. The molecular weight excluding hydrogens is 337 g/mol. The number of rotatable bonds is 1. The van der Waals surface area contributed by atoms with Crippen LogP contribution in [0.2, 0.25) is 0 Å². The van der Waals surface area contributed by atoms with Gasteiger partial charge in [0.25, 0.3) is 0 Å². The van der Waals surface area contributed by atoms with Gasteiger partial charge in [-0.3, -0.25) is 0 Å². The SMILES string of the molecule is CO[C](=O)[Hg][Br]. The molecule has 0 aromatic rings. The first-order valence-electron chi connectivity index (χ1n) is 1.44. The Hall–Kier alpha value is 0.885. The van der Waals surface area contributed by atoms with Gasteiger partial charge in [0.2, 0.25) is 0 Å². The number of hydrogen-bond donors (Lipinski definition) is 0. The number of halogens is 1. The van der Waals surface area contributed by atoms with Gasteiger partial charge in [-0.2, -0.15) is 0 Å². The van der Waals surface area contributed by atoms with Crippen molar-refractivity contribution in [3.63, 3.8) is 0 Å². The molecule has 0 saturated carbocycles. The fourth-order valence-corrected chi connectivity index (χ4v) is 2.49. The van der Waals surface area contributed by atoms with Gasteiger partial charge in [-0.1, -0.05) is 0 Å². The quantitative estimate of drug-likeness (QED) is 0.670. The minimum absolute atomic E-state index is 0.0185. The van der Waals surface area contributed by atoms with Gasteiger partial charge < -0.3 is 0 Å². The monoisotopic (exact) mass is 340 g/mol. The third kappa shape index (κ3) is 3.09. The van der Waals surface area contributed by atoms with E-state index in [2.05, 4.69) is 16.6 Å². The number of methoxy groups -OCH3 is 1. The predicted molar refractivity (Wildman–Crippen MR) is 21.3 cm³/mol. The third-order valence-corrected chi connectivity index (χ3v) is 6.32. The summed E-state index contributed by atoms with van der Waals surface area (Å²) in [6, 6.07) is 0. The Morgan fingerprint density at radius 3 is 2.50 bits per heavy atom. The molecule has 0 aromatic carbocycles. The molecule has 0 aromatic heterocycles. The summed E-state index contributed by atoms with van der Waals surface area (Å²) in [6.45, 7) is 0. The molecule has 0 aliphatic rings.